The van der Waals surface area contributed by atoms with Crippen molar-refractivity contribution >= 4 is 0 Å². The van der Waals surface area contributed by atoms with E-state index in [-0.39, 0.29) is 19.8 Å². The van der Waals surface area contributed by atoms with E-state index in [1.807, 2.05) is 105 Å². The van der Waals surface area contributed by atoms with Crippen molar-refractivity contribution in [2.75, 3.05) is 13.7 Å². The lowest BCUT2D eigenvalue weighted by Gasteiger charge is -2.47. The van der Waals surface area contributed by atoms with Crippen LogP contribution in [0.1, 0.15) is 43.4 Å². The molecule has 2 heterocycles. The maximum absolute atomic E-state index is 12.0. The average molecular weight is 623 g/mol. The van der Waals surface area contributed by atoms with Gasteiger partial charge in [0.25, 0.3) is 0 Å². The number of rotatable bonds is 15. The fourth-order valence-electron chi connectivity index (χ4n) is 6.05. The van der Waals surface area contributed by atoms with Crippen molar-refractivity contribution in [3.63, 3.8) is 0 Å². The van der Waals surface area contributed by atoms with Crippen LogP contribution in [-0.4, -0.2) is 78.7 Å². The molecule has 0 amide bonds. The second-order valence-electron chi connectivity index (χ2n) is 11.5. The standard InChI is InChI=1S/C36H46O9/c1-4-36(5-2)44-28(21-37)30(45-36)29(38)31-32(40-22-25-15-9-6-10-16-25)33(41-23-26-17-11-7-12-18-26)34(35(39-3)43-31)42-24-27-19-13-8-14-20-27/h6-20,28-35,37-38H,4-5,21-24H2,1-3H3/t28-,29-,30-,31+,32+,33-,34+,35-/m0/s1. The molecule has 3 aromatic carbocycles. The average Bonchev–Trinajstić information content (AvgIpc) is 3.49. The molecule has 2 aliphatic heterocycles. The largest absolute Gasteiger partial charge is 0.394 e. The predicted octanol–water partition coefficient (Wildman–Crippen LogP) is 4.77. The Balaban J connectivity index is 1.48. The van der Waals surface area contributed by atoms with E-state index in [9.17, 15) is 10.2 Å². The predicted molar refractivity (Wildman–Crippen MR) is 167 cm³/mol. The van der Waals surface area contributed by atoms with Crippen LogP contribution in [0.3, 0.4) is 0 Å². The van der Waals surface area contributed by atoms with Crippen LogP contribution in [0.2, 0.25) is 0 Å². The Kier molecular flexibility index (Phi) is 12.1. The summed E-state index contributed by atoms with van der Waals surface area (Å²) in [6.07, 6.45) is -5.87. The Hall–Kier alpha value is -2.70. The van der Waals surface area contributed by atoms with Gasteiger partial charge in [-0.05, 0) is 29.5 Å². The highest BCUT2D eigenvalue weighted by molar-refractivity contribution is 5.16. The van der Waals surface area contributed by atoms with Crippen LogP contribution in [0.5, 0.6) is 0 Å². The number of hydrogen-bond donors (Lipinski definition) is 2. The van der Waals surface area contributed by atoms with E-state index >= 15 is 0 Å². The van der Waals surface area contributed by atoms with Crippen molar-refractivity contribution in [1.29, 1.82) is 0 Å². The Morgan fingerprint density at radius 2 is 1.13 bits per heavy atom. The Morgan fingerprint density at radius 3 is 1.58 bits per heavy atom. The van der Waals surface area contributed by atoms with Gasteiger partial charge in [0.1, 0.15) is 42.7 Å². The maximum Gasteiger partial charge on any atom is 0.186 e. The molecule has 3 aromatic rings. The summed E-state index contributed by atoms with van der Waals surface area (Å²) in [6.45, 7) is 4.40. The Labute approximate surface area is 265 Å². The number of hydrogen-bond acceptors (Lipinski definition) is 9. The summed E-state index contributed by atoms with van der Waals surface area (Å²) < 4.78 is 44.6. The van der Waals surface area contributed by atoms with Crippen molar-refractivity contribution < 1.29 is 43.4 Å². The molecule has 45 heavy (non-hydrogen) atoms. The molecule has 2 aliphatic rings. The molecule has 2 N–H and O–H groups in total. The number of aliphatic hydroxyl groups is 2. The first-order valence-electron chi connectivity index (χ1n) is 15.8. The van der Waals surface area contributed by atoms with Crippen LogP contribution in [-0.2, 0) is 53.0 Å². The lowest BCUT2D eigenvalue weighted by atomic mass is 9.90. The van der Waals surface area contributed by atoms with Gasteiger partial charge in [0.2, 0.25) is 0 Å². The smallest absolute Gasteiger partial charge is 0.186 e. The van der Waals surface area contributed by atoms with Gasteiger partial charge in [-0.25, -0.2) is 0 Å². The molecule has 5 rings (SSSR count). The second-order valence-corrected chi connectivity index (χ2v) is 11.5. The van der Waals surface area contributed by atoms with Crippen LogP contribution < -0.4 is 0 Å². The van der Waals surface area contributed by atoms with Crippen molar-refractivity contribution in [1.82, 2.24) is 0 Å². The second kappa shape index (κ2) is 16.2. The van der Waals surface area contributed by atoms with E-state index in [2.05, 4.69) is 0 Å². The molecule has 9 heteroatoms. The first kappa shape index (κ1) is 33.7. The lowest BCUT2D eigenvalue weighted by molar-refractivity contribution is -0.335. The SMILES string of the molecule is CCC1(CC)O[C@H]([C@H](O)[C@H]2O[C@H](OC)[C@H](OCc3ccccc3)[C@@H](OCc3ccccc3)[C@@H]2OCc2ccccc2)[C@H](CO)O1. The Morgan fingerprint density at radius 1 is 0.667 bits per heavy atom. The minimum Gasteiger partial charge on any atom is -0.394 e. The molecule has 0 saturated carbocycles. The molecule has 8 atom stereocenters. The maximum atomic E-state index is 12.0. The van der Waals surface area contributed by atoms with E-state index in [1.54, 1.807) is 0 Å². The molecule has 9 nitrogen and oxygen atoms in total. The summed E-state index contributed by atoms with van der Waals surface area (Å²) in [7, 11) is 1.54. The zero-order valence-corrected chi connectivity index (χ0v) is 26.3. The highest BCUT2D eigenvalue weighted by atomic mass is 16.8. The molecular weight excluding hydrogens is 576 g/mol. The topological polar surface area (TPSA) is 105 Å². The number of ether oxygens (including phenoxy) is 7. The van der Waals surface area contributed by atoms with Crippen LogP contribution in [0.15, 0.2) is 91.0 Å². The van der Waals surface area contributed by atoms with Crippen LogP contribution in [0.25, 0.3) is 0 Å². The van der Waals surface area contributed by atoms with Crippen LogP contribution >= 0.6 is 0 Å². The molecule has 0 radical (unpaired) electrons. The Bertz CT molecular complexity index is 1260. The summed E-state index contributed by atoms with van der Waals surface area (Å²) in [5, 5.41) is 22.3. The zero-order valence-electron chi connectivity index (χ0n) is 26.3. The van der Waals surface area contributed by atoms with Crippen molar-refractivity contribution in [3.8, 4) is 0 Å². The van der Waals surface area contributed by atoms with Gasteiger partial charge < -0.3 is 43.4 Å². The summed E-state index contributed by atoms with van der Waals surface area (Å²) in [5.74, 6) is -0.917. The number of aliphatic hydroxyl groups excluding tert-OH is 2. The van der Waals surface area contributed by atoms with Gasteiger partial charge >= 0.3 is 0 Å². The monoisotopic (exact) mass is 622 g/mol. The van der Waals surface area contributed by atoms with Crippen molar-refractivity contribution in [3.05, 3.63) is 108 Å². The first-order chi connectivity index (χ1) is 22.0. The summed E-state index contributed by atoms with van der Waals surface area (Å²) in [6, 6.07) is 29.5. The third-order valence-electron chi connectivity index (χ3n) is 8.63. The quantitative estimate of drug-likeness (QED) is 0.248. The van der Waals surface area contributed by atoms with Gasteiger partial charge in [0.05, 0.1) is 26.4 Å². The third kappa shape index (κ3) is 8.18. The summed E-state index contributed by atoms with van der Waals surface area (Å²) in [4.78, 5) is 0. The van der Waals surface area contributed by atoms with Crippen molar-refractivity contribution in [2.24, 2.45) is 0 Å². The van der Waals surface area contributed by atoms with Crippen LogP contribution in [0, 0.1) is 0 Å². The number of benzene rings is 3. The molecule has 0 aromatic heterocycles. The minimum absolute atomic E-state index is 0.242. The third-order valence-corrected chi connectivity index (χ3v) is 8.63. The van der Waals surface area contributed by atoms with E-state index < -0.39 is 54.8 Å². The molecule has 2 saturated heterocycles. The molecule has 0 bridgehead atoms. The molecule has 244 valence electrons. The molecule has 0 aliphatic carbocycles. The van der Waals surface area contributed by atoms with Crippen molar-refractivity contribution in [2.45, 2.75) is 101 Å². The molecular formula is C36H46O9. The van der Waals surface area contributed by atoms with Gasteiger partial charge in [0.15, 0.2) is 12.1 Å². The van der Waals surface area contributed by atoms with E-state index in [0.29, 0.717) is 19.4 Å². The lowest BCUT2D eigenvalue weighted by Crippen LogP contribution is -2.65. The van der Waals surface area contributed by atoms with E-state index in [4.69, 9.17) is 33.2 Å². The fourth-order valence-corrected chi connectivity index (χ4v) is 6.05. The number of methoxy groups -OCH3 is 1. The summed E-state index contributed by atoms with van der Waals surface area (Å²) >= 11 is 0. The van der Waals surface area contributed by atoms with Crippen LogP contribution in [0.4, 0.5) is 0 Å². The van der Waals surface area contributed by atoms with Gasteiger partial charge in [0, 0.05) is 7.11 Å². The van der Waals surface area contributed by atoms with E-state index in [1.165, 1.54) is 7.11 Å². The minimum atomic E-state index is -1.25. The normalized spacial score (nSPS) is 28.6. The zero-order chi connectivity index (χ0) is 31.6. The van der Waals surface area contributed by atoms with E-state index in [0.717, 1.165) is 16.7 Å². The molecule has 0 unspecified atom stereocenters. The fraction of sp³-hybridized carbons (Fsp3) is 0.500. The van der Waals surface area contributed by atoms with Gasteiger partial charge in [-0.1, -0.05) is 105 Å². The first-order valence-corrected chi connectivity index (χ1v) is 15.8. The highest BCUT2D eigenvalue weighted by Crippen LogP contribution is 2.39. The molecule has 2 fully saturated rings. The van der Waals surface area contributed by atoms with Gasteiger partial charge in [-0.15, -0.1) is 0 Å². The van der Waals surface area contributed by atoms with Gasteiger partial charge in [-0.3, -0.25) is 0 Å². The molecule has 0 spiro atoms. The summed E-state index contributed by atoms with van der Waals surface area (Å²) in [5.41, 5.74) is 2.91. The highest BCUT2D eigenvalue weighted by Gasteiger charge is 2.56. The van der Waals surface area contributed by atoms with Gasteiger partial charge in [-0.2, -0.15) is 0 Å².